The van der Waals surface area contributed by atoms with Crippen LogP contribution < -0.4 is 4.74 Å². The van der Waals surface area contributed by atoms with Crippen LogP contribution in [0.2, 0.25) is 0 Å². The van der Waals surface area contributed by atoms with Gasteiger partial charge in [-0.2, -0.15) is 8.78 Å². The topological polar surface area (TPSA) is 86.0 Å². The Hall–Kier alpha value is -2.90. The van der Waals surface area contributed by atoms with Crippen LogP contribution in [0.4, 0.5) is 8.78 Å². The quantitative estimate of drug-likeness (QED) is 0.654. The Labute approximate surface area is 136 Å². The van der Waals surface area contributed by atoms with Crippen LogP contribution in [0.15, 0.2) is 28.7 Å². The van der Waals surface area contributed by atoms with Gasteiger partial charge in [0, 0.05) is 11.5 Å². The molecule has 0 amide bonds. The molecule has 0 aliphatic carbocycles. The minimum Gasteiger partial charge on any atom is -0.478 e. The van der Waals surface area contributed by atoms with Gasteiger partial charge >= 0.3 is 18.6 Å². The molecule has 6 nitrogen and oxygen atoms in total. The van der Waals surface area contributed by atoms with Crippen molar-refractivity contribution >= 4 is 29.0 Å². The summed E-state index contributed by atoms with van der Waals surface area (Å²) in [5.41, 5.74) is -0.0221. The van der Waals surface area contributed by atoms with Gasteiger partial charge in [-0.3, -0.25) is 0 Å². The van der Waals surface area contributed by atoms with E-state index in [1.165, 1.54) is 19.2 Å². The van der Waals surface area contributed by atoms with Crippen molar-refractivity contribution in [2.24, 2.45) is 0 Å². The molecule has 0 fully saturated rings. The maximum Gasteiger partial charge on any atom is 0.387 e. The number of benzene rings is 1. The third-order valence-electron chi connectivity index (χ3n) is 2.68. The molecule has 2 aromatic rings. The van der Waals surface area contributed by atoms with Crippen LogP contribution in [-0.4, -0.2) is 30.8 Å². The zero-order valence-corrected chi connectivity index (χ0v) is 13.2. The molecule has 1 aromatic carbocycles. The third-order valence-corrected chi connectivity index (χ3v) is 2.68. The lowest BCUT2D eigenvalue weighted by atomic mass is 10.1. The highest BCUT2D eigenvalue weighted by molar-refractivity contribution is 6.05. The number of halogens is 2. The van der Waals surface area contributed by atoms with Gasteiger partial charge in [0.1, 0.15) is 5.76 Å². The molecule has 1 N–H and O–H groups in total. The Bertz CT molecular complexity index is 748. The third kappa shape index (κ3) is 4.55. The smallest absolute Gasteiger partial charge is 0.387 e. The molecule has 0 aliphatic heterocycles. The summed E-state index contributed by atoms with van der Waals surface area (Å²) in [6, 6.07) is 3.74. The van der Waals surface area contributed by atoms with E-state index in [4.69, 9.17) is 9.52 Å². The lowest BCUT2D eigenvalue weighted by Crippen LogP contribution is -2.04. The van der Waals surface area contributed by atoms with E-state index in [1.807, 2.05) is 13.8 Å². The number of aliphatic carboxylic acids is 1. The lowest BCUT2D eigenvalue weighted by molar-refractivity contribution is -0.131. The first kappa shape index (κ1) is 19.1. The second-order valence-corrected chi connectivity index (χ2v) is 4.04. The normalized spacial score (nSPS) is 10.6. The van der Waals surface area contributed by atoms with Gasteiger partial charge < -0.3 is 19.0 Å². The van der Waals surface area contributed by atoms with Crippen molar-refractivity contribution in [1.82, 2.24) is 0 Å². The predicted octanol–water partition coefficient (Wildman–Crippen LogP) is 3.94. The van der Waals surface area contributed by atoms with E-state index in [0.29, 0.717) is 0 Å². The van der Waals surface area contributed by atoms with E-state index in [9.17, 15) is 18.4 Å². The number of carbonyl (C=O) groups is 2. The number of hydrogen-bond acceptors (Lipinski definition) is 5. The summed E-state index contributed by atoms with van der Waals surface area (Å²) in [6.07, 6.45) is 1.93. The van der Waals surface area contributed by atoms with Gasteiger partial charge in [0.25, 0.3) is 0 Å². The van der Waals surface area contributed by atoms with Crippen LogP contribution in [0.3, 0.4) is 0 Å². The Balaban J connectivity index is 0.00000139. The largest absolute Gasteiger partial charge is 0.478 e. The number of hydrogen-bond donors (Lipinski definition) is 1. The first-order chi connectivity index (χ1) is 11.4. The number of carbonyl (C=O) groups excluding carboxylic acids is 1. The number of fused-ring (bicyclic) bond motifs is 1. The monoisotopic (exact) mass is 342 g/mol. The number of carboxylic acid groups (broad SMARTS) is 1. The van der Waals surface area contributed by atoms with Gasteiger partial charge in [-0.05, 0) is 24.3 Å². The molecule has 8 heteroatoms. The number of rotatable bonds is 5. The molecule has 0 radical (unpaired) electrons. The van der Waals surface area contributed by atoms with Gasteiger partial charge in [0.15, 0.2) is 11.3 Å². The zero-order valence-electron chi connectivity index (χ0n) is 13.2. The van der Waals surface area contributed by atoms with E-state index in [1.54, 1.807) is 0 Å². The van der Waals surface area contributed by atoms with E-state index >= 15 is 0 Å². The fraction of sp³-hybridized carbons (Fsp3) is 0.250. The maximum absolute atomic E-state index is 12.4. The van der Waals surface area contributed by atoms with Crippen LogP contribution in [0.5, 0.6) is 5.75 Å². The highest BCUT2D eigenvalue weighted by atomic mass is 19.3. The van der Waals surface area contributed by atoms with Gasteiger partial charge in [-0.25, -0.2) is 9.59 Å². The van der Waals surface area contributed by atoms with Crippen LogP contribution in [0.1, 0.15) is 30.0 Å². The Kier molecular flexibility index (Phi) is 6.91. The Morgan fingerprint density at radius 1 is 1.29 bits per heavy atom. The molecule has 0 saturated carbocycles. The summed E-state index contributed by atoms with van der Waals surface area (Å²) < 4.78 is 39.0. The first-order valence-corrected chi connectivity index (χ1v) is 6.93. The molecule has 0 saturated heterocycles. The minimum absolute atomic E-state index is 0.0628. The Morgan fingerprint density at radius 3 is 2.50 bits per heavy atom. The van der Waals surface area contributed by atoms with Crippen molar-refractivity contribution in [2.45, 2.75) is 20.5 Å². The Morgan fingerprint density at radius 2 is 1.96 bits per heavy atom. The number of methoxy groups -OCH3 is 1. The second-order valence-electron chi connectivity index (χ2n) is 4.04. The number of esters is 1. The molecule has 0 spiro atoms. The standard InChI is InChI=1S/C14H10F2O6.C2H6/c1-20-13(19)8-3-4-10(22-14(15)16)12-9(8)6-7(21-12)2-5-11(17)18;1-2/h2-6,14H,1H3,(H,17,18);1-2H3/b5-2-;. The fourth-order valence-electron chi connectivity index (χ4n) is 1.83. The molecule has 0 atom stereocenters. The minimum atomic E-state index is -3.07. The highest BCUT2D eigenvalue weighted by Crippen LogP contribution is 2.33. The van der Waals surface area contributed by atoms with Crippen LogP contribution in [-0.2, 0) is 9.53 Å². The van der Waals surface area contributed by atoms with Crippen molar-refractivity contribution < 1.29 is 37.4 Å². The molecule has 0 unspecified atom stereocenters. The number of ether oxygens (including phenoxy) is 2. The maximum atomic E-state index is 12.4. The summed E-state index contributed by atoms with van der Waals surface area (Å²) in [7, 11) is 1.17. The van der Waals surface area contributed by atoms with Crippen LogP contribution >= 0.6 is 0 Å². The first-order valence-electron chi connectivity index (χ1n) is 6.93. The van der Waals surface area contributed by atoms with Crippen molar-refractivity contribution in [3.8, 4) is 5.75 Å². The van der Waals surface area contributed by atoms with Crippen LogP contribution in [0, 0.1) is 0 Å². The summed E-state index contributed by atoms with van der Waals surface area (Å²) in [6.45, 7) is 0.926. The van der Waals surface area contributed by atoms with Gasteiger partial charge in [-0.1, -0.05) is 13.8 Å². The lowest BCUT2D eigenvalue weighted by Gasteiger charge is -2.06. The average molecular weight is 342 g/mol. The molecule has 0 bridgehead atoms. The van der Waals surface area contributed by atoms with Gasteiger partial charge in [0.2, 0.25) is 0 Å². The van der Waals surface area contributed by atoms with Gasteiger partial charge in [0.05, 0.1) is 12.7 Å². The number of furan rings is 1. The average Bonchev–Trinajstić information content (AvgIpc) is 2.98. The second kappa shape index (κ2) is 8.66. The zero-order chi connectivity index (χ0) is 18.3. The molecule has 0 aliphatic rings. The van der Waals surface area contributed by atoms with E-state index in [-0.39, 0.29) is 28.0 Å². The summed E-state index contributed by atoms with van der Waals surface area (Å²) in [5.74, 6) is -2.11. The molecule has 130 valence electrons. The number of carboxylic acids is 1. The van der Waals surface area contributed by atoms with Gasteiger partial charge in [-0.15, -0.1) is 0 Å². The summed E-state index contributed by atoms with van der Waals surface area (Å²) >= 11 is 0. The fourth-order valence-corrected chi connectivity index (χ4v) is 1.83. The van der Waals surface area contributed by atoms with Crippen molar-refractivity contribution in [3.05, 3.63) is 35.6 Å². The number of alkyl halides is 2. The highest BCUT2D eigenvalue weighted by Gasteiger charge is 2.19. The molecule has 2 rings (SSSR count). The predicted molar refractivity (Wildman–Crippen MR) is 82.2 cm³/mol. The van der Waals surface area contributed by atoms with Crippen molar-refractivity contribution in [1.29, 1.82) is 0 Å². The summed E-state index contributed by atoms with van der Waals surface area (Å²) in [4.78, 5) is 22.2. The molecule has 1 heterocycles. The van der Waals surface area contributed by atoms with E-state index < -0.39 is 18.6 Å². The van der Waals surface area contributed by atoms with Crippen molar-refractivity contribution in [2.75, 3.05) is 7.11 Å². The molecule has 24 heavy (non-hydrogen) atoms. The van der Waals surface area contributed by atoms with Crippen LogP contribution in [0.25, 0.3) is 17.0 Å². The van der Waals surface area contributed by atoms with E-state index in [0.717, 1.165) is 18.2 Å². The molecule has 1 aromatic heterocycles. The SMILES string of the molecule is CC.COC(=O)c1ccc(OC(F)F)c2oc(/C=C\C(=O)O)cc12. The van der Waals surface area contributed by atoms with Crippen molar-refractivity contribution in [3.63, 3.8) is 0 Å². The summed E-state index contributed by atoms with van der Waals surface area (Å²) in [5, 5.41) is 8.75. The molecular formula is C16H16F2O6. The van der Waals surface area contributed by atoms with E-state index in [2.05, 4.69) is 9.47 Å². The molecular weight excluding hydrogens is 326 g/mol.